The molecule has 0 bridgehead atoms. The van der Waals surface area contributed by atoms with Gasteiger partial charge < -0.3 is 9.84 Å². The zero-order valence-electron chi connectivity index (χ0n) is 11.1. The summed E-state index contributed by atoms with van der Waals surface area (Å²) in [6.07, 6.45) is 4.54. The van der Waals surface area contributed by atoms with Crippen LogP contribution in [-0.4, -0.2) is 29.3 Å². The normalized spacial score (nSPS) is 10.6. The molecule has 1 aromatic carbocycles. The van der Waals surface area contributed by atoms with E-state index in [2.05, 4.69) is 15.5 Å². The van der Waals surface area contributed by atoms with Gasteiger partial charge in [-0.1, -0.05) is 0 Å². The number of nitrogens with one attached hydrogen (secondary N) is 1. The number of rotatable bonds is 4. The minimum Gasteiger partial charge on any atom is -0.504 e. The van der Waals surface area contributed by atoms with Crippen LogP contribution in [0.25, 0.3) is 0 Å². The average Bonchev–Trinajstić information content (AvgIpc) is 2.51. The maximum Gasteiger partial charge on any atom is 0.271 e. The number of halogens is 1. The number of pyridine rings is 1. The standard InChI is InChI=1S/C14H12IN3O3/c1-21-12-7-9(6-11(15)13(12)19)8-17-18-14(20)10-2-4-16-5-3-10/h2-8,19H,1H3,(H,18,20)/b17-8+. The monoisotopic (exact) mass is 397 g/mol. The minimum atomic E-state index is -0.325. The fourth-order valence-corrected chi connectivity index (χ4v) is 2.18. The van der Waals surface area contributed by atoms with Crippen LogP contribution in [0.15, 0.2) is 41.8 Å². The molecule has 0 saturated heterocycles. The Labute approximate surface area is 135 Å². The van der Waals surface area contributed by atoms with Crippen molar-refractivity contribution in [3.05, 3.63) is 51.4 Å². The molecule has 0 unspecified atom stereocenters. The van der Waals surface area contributed by atoms with Gasteiger partial charge in [0.2, 0.25) is 0 Å². The van der Waals surface area contributed by atoms with Crippen molar-refractivity contribution in [3.8, 4) is 11.5 Å². The lowest BCUT2D eigenvalue weighted by molar-refractivity contribution is 0.0955. The number of hydrogen-bond donors (Lipinski definition) is 2. The van der Waals surface area contributed by atoms with Gasteiger partial charge in [0.05, 0.1) is 16.9 Å². The zero-order valence-corrected chi connectivity index (χ0v) is 13.2. The molecule has 21 heavy (non-hydrogen) atoms. The highest BCUT2D eigenvalue weighted by Crippen LogP contribution is 2.31. The molecule has 0 aliphatic heterocycles. The molecule has 6 nitrogen and oxygen atoms in total. The van der Waals surface area contributed by atoms with Crippen LogP contribution in [0.3, 0.4) is 0 Å². The Bertz CT molecular complexity index is 675. The van der Waals surface area contributed by atoms with E-state index in [-0.39, 0.29) is 11.7 Å². The number of aromatic nitrogens is 1. The van der Waals surface area contributed by atoms with Gasteiger partial charge in [-0.25, -0.2) is 5.43 Å². The predicted octanol–water partition coefficient (Wildman–Crippen LogP) is 2.16. The molecule has 2 N–H and O–H groups in total. The van der Waals surface area contributed by atoms with Gasteiger partial charge in [0.1, 0.15) is 0 Å². The fourth-order valence-electron chi connectivity index (χ4n) is 1.56. The highest BCUT2D eigenvalue weighted by atomic mass is 127. The van der Waals surface area contributed by atoms with E-state index in [1.807, 2.05) is 22.6 Å². The Morgan fingerprint density at radius 3 is 2.81 bits per heavy atom. The number of hydrazone groups is 1. The Balaban J connectivity index is 2.08. The van der Waals surface area contributed by atoms with Crippen LogP contribution in [0.5, 0.6) is 11.5 Å². The molecule has 0 fully saturated rings. The van der Waals surface area contributed by atoms with E-state index in [4.69, 9.17) is 4.74 Å². The third-order valence-corrected chi connectivity index (χ3v) is 3.42. The SMILES string of the molecule is COc1cc(/C=N/NC(=O)c2ccncc2)cc(I)c1O. The number of nitrogens with zero attached hydrogens (tertiary/aromatic N) is 2. The molecule has 0 atom stereocenters. The molecule has 1 aromatic heterocycles. The lowest BCUT2D eigenvalue weighted by Gasteiger charge is -2.06. The van der Waals surface area contributed by atoms with E-state index in [9.17, 15) is 9.90 Å². The van der Waals surface area contributed by atoms with Crippen molar-refractivity contribution in [2.24, 2.45) is 5.10 Å². The Morgan fingerprint density at radius 2 is 2.14 bits per heavy atom. The van der Waals surface area contributed by atoms with E-state index in [1.54, 1.807) is 24.3 Å². The molecular formula is C14H12IN3O3. The van der Waals surface area contributed by atoms with Crippen LogP contribution in [0.2, 0.25) is 0 Å². The molecule has 2 rings (SSSR count). The van der Waals surface area contributed by atoms with E-state index < -0.39 is 0 Å². The van der Waals surface area contributed by atoms with Crippen LogP contribution >= 0.6 is 22.6 Å². The van der Waals surface area contributed by atoms with Crippen LogP contribution in [-0.2, 0) is 0 Å². The van der Waals surface area contributed by atoms with Gasteiger partial charge in [0.25, 0.3) is 5.91 Å². The molecule has 0 aliphatic carbocycles. The van der Waals surface area contributed by atoms with Crippen molar-refractivity contribution in [2.75, 3.05) is 7.11 Å². The second-order valence-electron chi connectivity index (χ2n) is 3.99. The number of hydrogen-bond acceptors (Lipinski definition) is 5. The summed E-state index contributed by atoms with van der Waals surface area (Å²) in [5, 5.41) is 13.6. The summed E-state index contributed by atoms with van der Waals surface area (Å²) in [4.78, 5) is 15.6. The van der Waals surface area contributed by atoms with Crippen LogP contribution < -0.4 is 10.2 Å². The number of benzene rings is 1. The first-order chi connectivity index (χ1) is 10.1. The number of methoxy groups -OCH3 is 1. The van der Waals surface area contributed by atoms with Gasteiger partial charge in [-0.15, -0.1) is 0 Å². The van der Waals surface area contributed by atoms with Crippen LogP contribution in [0.1, 0.15) is 15.9 Å². The summed E-state index contributed by atoms with van der Waals surface area (Å²) in [5.41, 5.74) is 3.59. The predicted molar refractivity (Wildman–Crippen MR) is 86.7 cm³/mol. The van der Waals surface area contributed by atoms with Crippen molar-refractivity contribution in [3.63, 3.8) is 0 Å². The quantitative estimate of drug-likeness (QED) is 0.471. The third kappa shape index (κ3) is 3.91. The molecule has 2 aromatic rings. The second kappa shape index (κ2) is 7.02. The molecule has 1 heterocycles. The highest BCUT2D eigenvalue weighted by molar-refractivity contribution is 14.1. The third-order valence-electron chi connectivity index (χ3n) is 2.59. The van der Waals surface area contributed by atoms with E-state index in [1.165, 1.54) is 25.7 Å². The van der Waals surface area contributed by atoms with Crippen molar-refractivity contribution >= 4 is 34.7 Å². The molecule has 0 aliphatic rings. The maximum absolute atomic E-state index is 11.8. The smallest absolute Gasteiger partial charge is 0.271 e. The first-order valence-electron chi connectivity index (χ1n) is 5.91. The number of phenolic OH excluding ortho intramolecular Hbond substituents is 1. The van der Waals surface area contributed by atoms with Crippen molar-refractivity contribution in [2.45, 2.75) is 0 Å². The van der Waals surface area contributed by atoms with Crippen molar-refractivity contribution in [1.82, 2.24) is 10.4 Å². The summed E-state index contributed by atoms with van der Waals surface area (Å²) in [7, 11) is 1.47. The van der Waals surface area contributed by atoms with Gasteiger partial charge in [-0.2, -0.15) is 5.10 Å². The summed E-state index contributed by atoms with van der Waals surface area (Å²) in [6, 6.07) is 6.54. The highest BCUT2D eigenvalue weighted by Gasteiger charge is 2.07. The number of ether oxygens (including phenoxy) is 1. The van der Waals surface area contributed by atoms with Gasteiger partial charge in [0.15, 0.2) is 11.5 Å². The Morgan fingerprint density at radius 1 is 1.43 bits per heavy atom. The van der Waals surface area contributed by atoms with Crippen molar-refractivity contribution < 1.29 is 14.6 Å². The topological polar surface area (TPSA) is 83.8 Å². The first kappa shape index (κ1) is 15.2. The van der Waals surface area contributed by atoms with Gasteiger partial charge >= 0.3 is 0 Å². The summed E-state index contributed by atoms with van der Waals surface area (Å²) < 4.78 is 5.69. The fraction of sp³-hybridized carbons (Fsp3) is 0.0714. The largest absolute Gasteiger partial charge is 0.504 e. The van der Waals surface area contributed by atoms with Gasteiger partial charge in [-0.3, -0.25) is 9.78 Å². The average molecular weight is 397 g/mol. The van der Waals surface area contributed by atoms with Gasteiger partial charge in [-0.05, 0) is 52.4 Å². The molecule has 7 heteroatoms. The van der Waals surface area contributed by atoms with E-state index in [0.717, 1.165) is 0 Å². The van der Waals surface area contributed by atoms with E-state index >= 15 is 0 Å². The number of phenols is 1. The lowest BCUT2D eigenvalue weighted by atomic mass is 10.2. The molecule has 1 amide bonds. The van der Waals surface area contributed by atoms with E-state index in [0.29, 0.717) is 20.4 Å². The zero-order chi connectivity index (χ0) is 15.2. The van der Waals surface area contributed by atoms with Crippen LogP contribution in [0, 0.1) is 3.57 Å². The number of carbonyl (C=O) groups excluding carboxylic acids is 1. The van der Waals surface area contributed by atoms with Gasteiger partial charge in [0, 0.05) is 18.0 Å². The summed E-state index contributed by atoms with van der Waals surface area (Å²) >= 11 is 1.99. The first-order valence-corrected chi connectivity index (χ1v) is 6.99. The molecule has 108 valence electrons. The summed E-state index contributed by atoms with van der Waals surface area (Å²) in [6.45, 7) is 0. The molecule has 0 spiro atoms. The molecule has 0 saturated carbocycles. The second-order valence-corrected chi connectivity index (χ2v) is 5.15. The Hall–Kier alpha value is -2.16. The van der Waals surface area contributed by atoms with Crippen LogP contribution in [0.4, 0.5) is 0 Å². The molecule has 0 radical (unpaired) electrons. The lowest BCUT2D eigenvalue weighted by Crippen LogP contribution is -2.17. The number of amides is 1. The number of aromatic hydroxyl groups is 1. The number of carbonyl (C=O) groups is 1. The minimum absolute atomic E-state index is 0.0797. The molecular weight excluding hydrogens is 385 g/mol. The Kier molecular flexibility index (Phi) is 5.09. The maximum atomic E-state index is 11.8. The summed E-state index contributed by atoms with van der Waals surface area (Å²) in [5.74, 6) is 0.106. The van der Waals surface area contributed by atoms with Crippen molar-refractivity contribution in [1.29, 1.82) is 0 Å².